The summed E-state index contributed by atoms with van der Waals surface area (Å²) in [5, 5.41) is 14.2. The van der Waals surface area contributed by atoms with Gasteiger partial charge in [-0.05, 0) is 30.7 Å². The van der Waals surface area contributed by atoms with E-state index in [1.165, 1.54) is 19.1 Å². The summed E-state index contributed by atoms with van der Waals surface area (Å²) < 4.78 is 5.02. The summed E-state index contributed by atoms with van der Waals surface area (Å²) >= 11 is 11.7. The van der Waals surface area contributed by atoms with E-state index in [-0.39, 0.29) is 17.1 Å². The number of esters is 1. The quantitative estimate of drug-likeness (QED) is 0.455. The Balaban J connectivity index is 2.01. The summed E-state index contributed by atoms with van der Waals surface area (Å²) in [4.78, 5) is 34.5. The number of amides is 1. The smallest absolute Gasteiger partial charge is 0.345 e. The summed E-state index contributed by atoms with van der Waals surface area (Å²) in [6, 6.07) is 10.5. The number of nitro benzene ring substituents is 1. The first kappa shape index (κ1) is 19.7. The SMILES string of the molecule is CC(OC(=O)c1ccc(Cl)cc1[N+](=O)[O-])C(=O)NCc1ccccc1Cl. The average Bonchev–Trinajstić information content (AvgIpc) is 2.60. The van der Waals surface area contributed by atoms with E-state index in [2.05, 4.69) is 5.32 Å². The van der Waals surface area contributed by atoms with Crippen molar-refractivity contribution in [2.75, 3.05) is 0 Å². The minimum atomic E-state index is -1.15. The third-order valence-electron chi connectivity index (χ3n) is 3.44. The molecule has 0 saturated carbocycles. The van der Waals surface area contributed by atoms with E-state index in [1.807, 2.05) is 0 Å². The summed E-state index contributed by atoms with van der Waals surface area (Å²) in [5.41, 5.74) is -0.0780. The second-order valence-electron chi connectivity index (χ2n) is 5.28. The molecular weight excluding hydrogens is 383 g/mol. The summed E-state index contributed by atoms with van der Waals surface area (Å²) in [6.07, 6.45) is -1.15. The van der Waals surface area contributed by atoms with E-state index in [9.17, 15) is 19.7 Å². The van der Waals surface area contributed by atoms with E-state index in [1.54, 1.807) is 24.3 Å². The Bertz CT molecular complexity index is 857. The predicted molar refractivity (Wildman–Crippen MR) is 96.3 cm³/mol. The van der Waals surface area contributed by atoms with Crippen LogP contribution in [0.4, 0.5) is 5.69 Å². The topological polar surface area (TPSA) is 98.5 Å². The highest BCUT2D eigenvalue weighted by Crippen LogP contribution is 2.24. The van der Waals surface area contributed by atoms with Gasteiger partial charge >= 0.3 is 5.97 Å². The van der Waals surface area contributed by atoms with Crippen molar-refractivity contribution in [3.63, 3.8) is 0 Å². The van der Waals surface area contributed by atoms with Crippen LogP contribution in [0.1, 0.15) is 22.8 Å². The number of ether oxygens (including phenoxy) is 1. The van der Waals surface area contributed by atoms with Gasteiger partial charge in [-0.15, -0.1) is 0 Å². The van der Waals surface area contributed by atoms with Crippen LogP contribution in [0, 0.1) is 10.1 Å². The first-order chi connectivity index (χ1) is 12.3. The standard InChI is InChI=1S/C17H14Cl2N2O5/c1-10(16(22)20-9-11-4-2-3-5-14(11)19)26-17(23)13-7-6-12(18)8-15(13)21(24)25/h2-8,10H,9H2,1H3,(H,20,22). The van der Waals surface area contributed by atoms with Crippen LogP contribution in [-0.2, 0) is 16.1 Å². The molecule has 2 aromatic carbocycles. The van der Waals surface area contributed by atoms with Crippen LogP contribution in [0.5, 0.6) is 0 Å². The van der Waals surface area contributed by atoms with Gasteiger partial charge in [0.05, 0.1) is 4.92 Å². The van der Waals surface area contributed by atoms with E-state index in [0.29, 0.717) is 10.6 Å². The molecule has 0 radical (unpaired) electrons. The minimum absolute atomic E-state index is 0.110. The summed E-state index contributed by atoms with van der Waals surface area (Å²) in [5.74, 6) is -1.55. The first-order valence-corrected chi connectivity index (χ1v) is 8.21. The molecule has 0 fully saturated rings. The van der Waals surface area contributed by atoms with Crippen LogP contribution in [0.25, 0.3) is 0 Å². The lowest BCUT2D eigenvalue weighted by Gasteiger charge is -2.14. The number of halogens is 2. The highest BCUT2D eigenvalue weighted by molar-refractivity contribution is 6.31. The van der Waals surface area contributed by atoms with Gasteiger partial charge in [0.25, 0.3) is 11.6 Å². The van der Waals surface area contributed by atoms with Gasteiger partial charge in [-0.1, -0.05) is 41.4 Å². The predicted octanol–water partition coefficient (Wildman–Crippen LogP) is 3.76. The number of nitrogens with one attached hydrogen (secondary N) is 1. The molecule has 2 rings (SSSR count). The maximum absolute atomic E-state index is 12.2. The normalized spacial score (nSPS) is 11.5. The van der Waals surface area contributed by atoms with Gasteiger partial charge < -0.3 is 10.1 Å². The molecule has 0 bridgehead atoms. The number of nitrogens with zero attached hydrogens (tertiary/aromatic N) is 1. The zero-order chi connectivity index (χ0) is 19.3. The van der Waals surface area contributed by atoms with Gasteiger partial charge in [0.1, 0.15) is 5.56 Å². The molecule has 9 heteroatoms. The van der Waals surface area contributed by atoms with Crippen LogP contribution in [-0.4, -0.2) is 22.9 Å². The van der Waals surface area contributed by atoms with E-state index in [4.69, 9.17) is 27.9 Å². The molecule has 1 amide bonds. The fourth-order valence-electron chi connectivity index (χ4n) is 2.07. The fourth-order valence-corrected chi connectivity index (χ4v) is 2.44. The summed E-state index contributed by atoms with van der Waals surface area (Å²) in [7, 11) is 0. The summed E-state index contributed by atoms with van der Waals surface area (Å²) in [6.45, 7) is 1.52. The van der Waals surface area contributed by atoms with Crippen LogP contribution in [0.15, 0.2) is 42.5 Å². The number of carbonyl (C=O) groups is 2. The second kappa shape index (κ2) is 8.64. The molecule has 1 atom stereocenters. The van der Waals surface area contributed by atoms with E-state index in [0.717, 1.165) is 6.07 Å². The number of benzene rings is 2. The highest BCUT2D eigenvalue weighted by Gasteiger charge is 2.25. The number of carbonyl (C=O) groups excluding carboxylic acids is 2. The largest absolute Gasteiger partial charge is 0.449 e. The maximum Gasteiger partial charge on any atom is 0.345 e. The zero-order valence-electron chi connectivity index (χ0n) is 13.6. The third-order valence-corrected chi connectivity index (χ3v) is 4.04. The molecule has 0 aliphatic carbocycles. The minimum Gasteiger partial charge on any atom is -0.449 e. The molecule has 0 spiro atoms. The Hall–Kier alpha value is -2.64. The number of hydrogen-bond acceptors (Lipinski definition) is 5. The molecule has 1 unspecified atom stereocenters. The van der Waals surface area contributed by atoms with Crippen molar-refractivity contribution in [3.05, 3.63) is 73.8 Å². The molecule has 0 saturated heterocycles. The van der Waals surface area contributed by atoms with Crippen molar-refractivity contribution < 1.29 is 19.2 Å². The molecule has 0 aliphatic rings. The van der Waals surface area contributed by atoms with Crippen LogP contribution in [0.2, 0.25) is 10.0 Å². The molecule has 7 nitrogen and oxygen atoms in total. The molecule has 0 aliphatic heterocycles. The maximum atomic E-state index is 12.2. The van der Waals surface area contributed by atoms with Crippen LogP contribution >= 0.6 is 23.2 Å². The molecule has 2 aromatic rings. The Labute approximate surface area is 159 Å². The Morgan fingerprint density at radius 1 is 1.23 bits per heavy atom. The van der Waals surface area contributed by atoms with Crippen molar-refractivity contribution in [2.24, 2.45) is 0 Å². The van der Waals surface area contributed by atoms with Gasteiger partial charge in [0.15, 0.2) is 6.10 Å². The van der Waals surface area contributed by atoms with Gasteiger partial charge in [0, 0.05) is 22.7 Å². The fraction of sp³-hybridized carbons (Fsp3) is 0.176. The first-order valence-electron chi connectivity index (χ1n) is 7.45. The molecule has 1 N–H and O–H groups in total. The monoisotopic (exact) mass is 396 g/mol. The molecule has 0 aromatic heterocycles. The Morgan fingerprint density at radius 3 is 2.58 bits per heavy atom. The average molecular weight is 397 g/mol. The van der Waals surface area contributed by atoms with Crippen molar-refractivity contribution in [1.82, 2.24) is 5.32 Å². The van der Waals surface area contributed by atoms with Crippen LogP contribution in [0.3, 0.4) is 0 Å². The lowest BCUT2D eigenvalue weighted by Crippen LogP contribution is -2.35. The van der Waals surface area contributed by atoms with Crippen molar-refractivity contribution >= 4 is 40.8 Å². The van der Waals surface area contributed by atoms with Crippen molar-refractivity contribution in [2.45, 2.75) is 19.6 Å². The molecule has 0 heterocycles. The van der Waals surface area contributed by atoms with Gasteiger partial charge in [-0.3, -0.25) is 14.9 Å². The van der Waals surface area contributed by atoms with Crippen molar-refractivity contribution in [3.8, 4) is 0 Å². The molecular formula is C17H14Cl2N2O5. The van der Waals surface area contributed by atoms with Crippen molar-refractivity contribution in [1.29, 1.82) is 0 Å². The lowest BCUT2D eigenvalue weighted by atomic mass is 10.2. The number of nitro groups is 1. The van der Waals surface area contributed by atoms with E-state index < -0.39 is 28.6 Å². The van der Waals surface area contributed by atoms with E-state index >= 15 is 0 Å². The molecule has 136 valence electrons. The number of hydrogen-bond donors (Lipinski definition) is 1. The third kappa shape index (κ3) is 4.93. The molecule has 26 heavy (non-hydrogen) atoms. The van der Waals surface area contributed by atoms with Gasteiger partial charge in [-0.2, -0.15) is 0 Å². The lowest BCUT2D eigenvalue weighted by molar-refractivity contribution is -0.385. The second-order valence-corrected chi connectivity index (χ2v) is 6.12. The highest BCUT2D eigenvalue weighted by atomic mass is 35.5. The van der Waals surface area contributed by atoms with Crippen LogP contribution < -0.4 is 5.32 Å². The van der Waals surface area contributed by atoms with Gasteiger partial charge in [0.2, 0.25) is 0 Å². The Morgan fingerprint density at radius 2 is 1.92 bits per heavy atom. The van der Waals surface area contributed by atoms with Gasteiger partial charge in [-0.25, -0.2) is 4.79 Å². The number of rotatable bonds is 6. The zero-order valence-corrected chi connectivity index (χ0v) is 15.1. The Kier molecular flexibility index (Phi) is 6.54.